The molecule has 0 radical (unpaired) electrons. The average Bonchev–Trinajstić information content (AvgIpc) is 2.59. The molecule has 0 aliphatic heterocycles. The highest BCUT2D eigenvalue weighted by atomic mass is 16.1. The zero-order valence-corrected chi connectivity index (χ0v) is 14.6. The number of nitrogens with zero attached hydrogens (tertiary/aromatic N) is 1. The number of anilines is 1. The summed E-state index contributed by atoms with van der Waals surface area (Å²) in [5.41, 5.74) is 2.84. The Labute approximate surface area is 144 Å². The van der Waals surface area contributed by atoms with Crippen LogP contribution in [0.25, 0.3) is 0 Å². The first-order chi connectivity index (χ1) is 11.6. The minimum Gasteiger partial charge on any atom is -0.384 e. The third-order valence-corrected chi connectivity index (χ3v) is 3.82. The van der Waals surface area contributed by atoms with Crippen LogP contribution < -0.4 is 10.6 Å². The predicted molar refractivity (Wildman–Crippen MR) is 99.3 cm³/mol. The second-order valence-electron chi connectivity index (χ2n) is 6.42. The SMILES string of the molecule is CC(C)CCNC(=O)c1cncc(NCCCc2ccccc2)c1. The van der Waals surface area contributed by atoms with E-state index in [9.17, 15) is 4.79 Å². The molecule has 128 valence electrons. The van der Waals surface area contributed by atoms with Crippen LogP contribution in [0.1, 0.15) is 42.6 Å². The molecule has 4 nitrogen and oxygen atoms in total. The Morgan fingerprint density at radius 3 is 2.67 bits per heavy atom. The standard InChI is InChI=1S/C20H27N3O/c1-16(2)10-12-23-20(24)18-13-19(15-21-14-18)22-11-6-9-17-7-4-3-5-8-17/h3-5,7-8,13-16,22H,6,9-12H2,1-2H3,(H,23,24). The molecule has 2 aromatic rings. The van der Waals surface area contributed by atoms with Crippen LogP contribution >= 0.6 is 0 Å². The average molecular weight is 325 g/mol. The second kappa shape index (κ2) is 9.71. The van der Waals surface area contributed by atoms with E-state index in [1.54, 1.807) is 12.4 Å². The summed E-state index contributed by atoms with van der Waals surface area (Å²) in [6, 6.07) is 12.3. The number of carbonyl (C=O) groups is 1. The summed E-state index contributed by atoms with van der Waals surface area (Å²) in [6.07, 6.45) is 6.43. The molecule has 24 heavy (non-hydrogen) atoms. The van der Waals surface area contributed by atoms with Gasteiger partial charge < -0.3 is 10.6 Å². The summed E-state index contributed by atoms with van der Waals surface area (Å²) in [5, 5.41) is 6.28. The van der Waals surface area contributed by atoms with Gasteiger partial charge in [0.1, 0.15) is 0 Å². The van der Waals surface area contributed by atoms with Crippen molar-refractivity contribution in [2.45, 2.75) is 33.1 Å². The first kappa shape index (κ1) is 18.0. The van der Waals surface area contributed by atoms with E-state index in [4.69, 9.17) is 0 Å². The molecule has 0 unspecified atom stereocenters. The first-order valence-corrected chi connectivity index (χ1v) is 8.66. The predicted octanol–water partition coefficient (Wildman–Crippen LogP) is 3.90. The lowest BCUT2D eigenvalue weighted by atomic mass is 10.1. The summed E-state index contributed by atoms with van der Waals surface area (Å²) in [5.74, 6) is 0.525. The van der Waals surface area contributed by atoms with Crippen LogP contribution in [0.3, 0.4) is 0 Å². The molecule has 1 heterocycles. The van der Waals surface area contributed by atoms with Gasteiger partial charge in [0, 0.05) is 25.5 Å². The van der Waals surface area contributed by atoms with Crippen LogP contribution in [0.5, 0.6) is 0 Å². The number of aromatic nitrogens is 1. The number of hydrogen-bond donors (Lipinski definition) is 2. The molecule has 4 heteroatoms. The maximum Gasteiger partial charge on any atom is 0.252 e. The van der Waals surface area contributed by atoms with Gasteiger partial charge in [0.25, 0.3) is 5.91 Å². The van der Waals surface area contributed by atoms with Crippen molar-refractivity contribution in [3.8, 4) is 0 Å². The summed E-state index contributed by atoms with van der Waals surface area (Å²) in [6.45, 7) is 5.85. The lowest BCUT2D eigenvalue weighted by molar-refractivity contribution is 0.0951. The zero-order valence-electron chi connectivity index (χ0n) is 14.6. The molecule has 0 saturated carbocycles. The molecule has 0 aliphatic carbocycles. The molecular formula is C20H27N3O. The lowest BCUT2D eigenvalue weighted by Gasteiger charge is -2.09. The van der Waals surface area contributed by atoms with Crippen LogP contribution in [0.2, 0.25) is 0 Å². The first-order valence-electron chi connectivity index (χ1n) is 8.66. The van der Waals surface area contributed by atoms with Gasteiger partial charge in [0.05, 0.1) is 11.3 Å². The normalized spacial score (nSPS) is 10.6. The Hall–Kier alpha value is -2.36. The summed E-state index contributed by atoms with van der Waals surface area (Å²) >= 11 is 0. The number of pyridine rings is 1. The smallest absolute Gasteiger partial charge is 0.252 e. The Kier molecular flexibility index (Phi) is 7.27. The fourth-order valence-electron chi connectivity index (χ4n) is 2.41. The molecule has 1 aromatic heterocycles. The van der Waals surface area contributed by atoms with E-state index >= 15 is 0 Å². The van der Waals surface area contributed by atoms with Crippen molar-refractivity contribution in [2.24, 2.45) is 5.92 Å². The molecular weight excluding hydrogens is 298 g/mol. The van der Waals surface area contributed by atoms with Crippen molar-refractivity contribution >= 4 is 11.6 Å². The maximum absolute atomic E-state index is 12.1. The Morgan fingerprint density at radius 1 is 1.12 bits per heavy atom. The maximum atomic E-state index is 12.1. The molecule has 0 aliphatic rings. The van der Waals surface area contributed by atoms with Crippen molar-refractivity contribution in [1.29, 1.82) is 0 Å². The van der Waals surface area contributed by atoms with Gasteiger partial charge in [0.2, 0.25) is 0 Å². The monoisotopic (exact) mass is 325 g/mol. The third kappa shape index (κ3) is 6.41. The van der Waals surface area contributed by atoms with Crippen LogP contribution in [0, 0.1) is 5.92 Å². The van der Waals surface area contributed by atoms with E-state index in [0.717, 1.165) is 31.5 Å². The molecule has 0 bridgehead atoms. The Balaban J connectivity index is 1.76. The molecule has 0 saturated heterocycles. The molecule has 2 N–H and O–H groups in total. The van der Waals surface area contributed by atoms with Crippen molar-refractivity contribution in [2.75, 3.05) is 18.4 Å². The van der Waals surface area contributed by atoms with E-state index < -0.39 is 0 Å². The second-order valence-corrected chi connectivity index (χ2v) is 6.42. The third-order valence-electron chi connectivity index (χ3n) is 3.82. The molecule has 1 aromatic carbocycles. The Morgan fingerprint density at radius 2 is 1.92 bits per heavy atom. The van der Waals surface area contributed by atoms with Gasteiger partial charge in [-0.05, 0) is 36.8 Å². The van der Waals surface area contributed by atoms with Crippen molar-refractivity contribution in [1.82, 2.24) is 10.3 Å². The molecule has 1 amide bonds. The molecule has 0 spiro atoms. The van der Waals surface area contributed by atoms with Crippen LogP contribution in [-0.4, -0.2) is 24.0 Å². The van der Waals surface area contributed by atoms with E-state index in [1.807, 2.05) is 12.1 Å². The van der Waals surface area contributed by atoms with Gasteiger partial charge in [-0.25, -0.2) is 0 Å². The topological polar surface area (TPSA) is 54.0 Å². The number of nitrogens with one attached hydrogen (secondary N) is 2. The van der Waals surface area contributed by atoms with Gasteiger partial charge in [-0.1, -0.05) is 44.2 Å². The Bertz CT molecular complexity index is 626. The highest BCUT2D eigenvalue weighted by molar-refractivity contribution is 5.94. The molecule has 2 rings (SSSR count). The van der Waals surface area contributed by atoms with E-state index in [2.05, 4.69) is 53.7 Å². The summed E-state index contributed by atoms with van der Waals surface area (Å²) in [4.78, 5) is 16.3. The molecule has 0 fully saturated rings. The number of benzene rings is 1. The number of amides is 1. The fourth-order valence-corrected chi connectivity index (χ4v) is 2.41. The number of rotatable bonds is 9. The fraction of sp³-hybridized carbons (Fsp3) is 0.400. The number of aryl methyl sites for hydroxylation is 1. The van der Waals surface area contributed by atoms with Crippen molar-refractivity contribution in [3.63, 3.8) is 0 Å². The summed E-state index contributed by atoms with van der Waals surface area (Å²) in [7, 11) is 0. The van der Waals surface area contributed by atoms with E-state index in [1.165, 1.54) is 5.56 Å². The van der Waals surface area contributed by atoms with Gasteiger partial charge in [-0.15, -0.1) is 0 Å². The quantitative estimate of drug-likeness (QED) is 0.688. The lowest BCUT2D eigenvalue weighted by Crippen LogP contribution is -2.25. The van der Waals surface area contributed by atoms with Gasteiger partial charge in [-0.3, -0.25) is 9.78 Å². The summed E-state index contributed by atoms with van der Waals surface area (Å²) < 4.78 is 0. The molecule has 0 atom stereocenters. The highest BCUT2D eigenvalue weighted by Gasteiger charge is 2.06. The van der Waals surface area contributed by atoms with Crippen molar-refractivity contribution in [3.05, 3.63) is 59.9 Å². The minimum atomic E-state index is -0.0592. The van der Waals surface area contributed by atoms with Gasteiger partial charge in [0.15, 0.2) is 0 Å². The minimum absolute atomic E-state index is 0.0592. The van der Waals surface area contributed by atoms with Crippen LogP contribution in [-0.2, 0) is 6.42 Å². The van der Waals surface area contributed by atoms with E-state index in [0.29, 0.717) is 18.0 Å². The zero-order chi connectivity index (χ0) is 17.2. The van der Waals surface area contributed by atoms with Crippen LogP contribution in [0.15, 0.2) is 48.8 Å². The van der Waals surface area contributed by atoms with Crippen LogP contribution in [0.4, 0.5) is 5.69 Å². The highest BCUT2D eigenvalue weighted by Crippen LogP contribution is 2.09. The van der Waals surface area contributed by atoms with E-state index in [-0.39, 0.29) is 5.91 Å². The van der Waals surface area contributed by atoms with Gasteiger partial charge >= 0.3 is 0 Å². The largest absolute Gasteiger partial charge is 0.384 e. The number of hydrogen-bond acceptors (Lipinski definition) is 3. The van der Waals surface area contributed by atoms with Crippen molar-refractivity contribution < 1.29 is 4.79 Å². The van der Waals surface area contributed by atoms with Gasteiger partial charge in [-0.2, -0.15) is 0 Å². The number of carbonyl (C=O) groups excluding carboxylic acids is 1.